The zero-order chi connectivity index (χ0) is 12.3. The normalized spacial score (nSPS) is 14.4. The number of benzene rings is 1. The summed E-state index contributed by atoms with van der Waals surface area (Å²) < 4.78 is 10.8. The second-order valence-corrected chi connectivity index (χ2v) is 4.46. The van der Waals surface area contributed by atoms with E-state index < -0.39 is 0 Å². The molecule has 1 aromatic rings. The summed E-state index contributed by atoms with van der Waals surface area (Å²) in [7, 11) is 0. The number of hydrogen-bond donors (Lipinski definition) is 1. The molecule has 1 amide bonds. The fourth-order valence-corrected chi connectivity index (χ4v) is 1.81. The first-order valence-electron chi connectivity index (χ1n) is 4.88. The van der Waals surface area contributed by atoms with Crippen molar-refractivity contribution in [2.75, 3.05) is 18.5 Å². The smallest absolute Gasteiger partial charge is 0.294 e. The van der Waals surface area contributed by atoms with Crippen LogP contribution in [0.25, 0.3) is 0 Å². The van der Waals surface area contributed by atoms with Crippen LogP contribution in [0, 0.1) is 0 Å². The number of carbonyl (C=O) groups is 1. The van der Waals surface area contributed by atoms with E-state index in [1.165, 1.54) is 6.26 Å². The van der Waals surface area contributed by atoms with E-state index in [1.807, 2.05) is 0 Å². The third-order valence-electron chi connectivity index (χ3n) is 2.07. The number of rotatable bonds is 2. The summed E-state index contributed by atoms with van der Waals surface area (Å²) in [4.78, 5) is 11.8. The van der Waals surface area contributed by atoms with Gasteiger partial charge in [0.2, 0.25) is 5.76 Å². The fourth-order valence-electron chi connectivity index (χ4n) is 1.27. The number of halogens is 2. The van der Waals surface area contributed by atoms with Gasteiger partial charge in [0.15, 0.2) is 0 Å². The highest BCUT2D eigenvalue weighted by Gasteiger charge is 2.16. The van der Waals surface area contributed by atoms with Crippen LogP contribution in [0.1, 0.15) is 0 Å². The van der Waals surface area contributed by atoms with Gasteiger partial charge in [-0.05, 0) is 28.1 Å². The van der Waals surface area contributed by atoms with Crippen LogP contribution in [0.3, 0.4) is 0 Å². The van der Waals surface area contributed by atoms with Gasteiger partial charge >= 0.3 is 0 Å². The second-order valence-electron chi connectivity index (χ2n) is 3.26. The van der Waals surface area contributed by atoms with Gasteiger partial charge in [0.05, 0.1) is 15.2 Å². The van der Waals surface area contributed by atoms with Crippen LogP contribution < -0.4 is 5.32 Å². The maximum atomic E-state index is 11.8. The lowest BCUT2D eigenvalue weighted by Gasteiger charge is -2.15. The molecule has 0 saturated carbocycles. The topological polar surface area (TPSA) is 47.6 Å². The Balaban J connectivity index is 2.13. The van der Waals surface area contributed by atoms with Crippen LogP contribution in [0.2, 0.25) is 5.02 Å². The van der Waals surface area contributed by atoms with E-state index in [2.05, 4.69) is 21.2 Å². The maximum absolute atomic E-state index is 11.8. The number of carbonyl (C=O) groups excluding carboxylic acids is 1. The lowest BCUT2D eigenvalue weighted by molar-refractivity contribution is -0.117. The lowest BCUT2D eigenvalue weighted by Crippen LogP contribution is -2.21. The quantitative estimate of drug-likeness (QED) is 0.912. The monoisotopic (exact) mass is 317 g/mol. The van der Waals surface area contributed by atoms with E-state index in [-0.39, 0.29) is 11.7 Å². The molecule has 0 fully saturated rings. The minimum Gasteiger partial charge on any atom is -0.494 e. The molecule has 1 N–H and O–H groups in total. The Bertz CT molecular complexity index is 476. The van der Waals surface area contributed by atoms with Gasteiger partial charge in [-0.25, -0.2) is 0 Å². The Morgan fingerprint density at radius 1 is 1.41 bits per heavy atom. The predicted molar refractivity (Wildman–Crippen MR) is 67.8 cm³/mol. The van der Waals surface area contributed by atoms with Crippen molar-refractivity contribution in [2.24, 2.45) is 0 Å². The lowest BCUT2D eigenvalue weighted by atomic mass is 10.3. The van der Waals surface area contributed by atoms with E-state index >= 15 is 0 Å². The van der Waals surface area contributed by atoms with Crippen LogP contribution in [-0.4, -0.2) is 19.1 Å². The van der Waals surface area contributed by atoms with E-state index in [9.17, 15) is 4.79 Å². The molecule has 2 rings (SSSR count). The zero-order valence-corrected chi connectivity index (χ0v) is 11.0. The van der Waals surface area contributed by atoms with Crippen molar-refractivity contribution in [1.29, 1.82) is 0 Å². The van der Waals surface area contributed by atoms with Gasteiger partial charge in [-0.15, -0.1) is 0 Å². The standard InChI is InChI=1S/C11H9BrClNO3/c12-10-7(13)2-1-3-8(10)14-11(15)9-6-16-4-5-17-9/h1-3,6H,4-5H2,(H,14,15). The number of hydrogen-bond acceptors (Lipinski definition) is 3. The molecule has 6 heteroatoms. The first-order valence-corrected chi connectivity index (χ1v) is 6.05. The van der Waals surface area contributed by atoms with Gasteiger partial charge in [0.25, 0.3) is 5.91 Å². The summed E-state index contributed by atoms with van der Waals surface area (Å²) in [6, 6.07) is 5.20. The van der Waals surface area contributed by atoms with Gasteiger partial charge in [0.1, 0.15) is 19.5 Å². The summed E-state index contributed by atoms with van der Waals surface area (Å²) in [5.41, 5.74) is 0.581. The Morgan fingerprint density at radius 2 is 2.24 bits per heavy atom. The summed E-state index contributed by atoms with van der Waals surface area (Å²) >= 11 is 9.21. The van der Waals surface area contributed by atoms with Gasteiger partial charge in [-0.2, -0.15) is 0 Å². The molecule has 90 valence electrons. The van der Waals surface area contributed by atoms with Gasteiger partial charge < -0.3 is 14.8 Å². The largest absolute Gasteiger partial charge is 0.494 e. The predicted octanol–water partition coefficient (Wildman–Crippen LogP) is 2.93. The van der Waals surface area contributed by atoms with Crippen molar-refractivity contribution in [2.45, 2.75) is 0 Å². The van der Waals surface area contributed by atoms with Crippen LogP contribution in [0.4, 0.5) is 5.69 Å². The first kappa shape index (κ1) is 12.3. The molecule has 1 aromatic carbocycles. The van der Waals surface area contributed by atoms with Crippen molar-refractivity contribution in [3.63, 3.8) is 0 Å². The Hall–Kier alpha value is -1.20. The average Bonchev–Trinajstić information content (AvgIpc) is 2.36. The molecule has 1 aliphatic heterocycles. The van der Waals surface area contributed by atoms with Crippen molar-refractivity contribution >= 4 is 39.1 Å². The summed E-state index contributed by atoms with van der Waals surface area (Å²) in [6.07, 6.45) is 1.30. The molecule has 0 aromatic heterocycles. The molecule has 0 aliphatic carbocycles. The molecular weight excluding hydrogens is 309 g/mol. The van der Waals surface area contributed by atoms with E-state index in [4.69, 9.17) is 21.1 Å². The summed E-state index contributed by atoms with van der Waals surface area (Å²) in [6.45, 7) is 0.827. The Kier molecular flexibility index (Phi) is 3.91. The molecule has 17 heavy (non-hydrogen) atoms. The zero-order valence-electron chi connectivity index (χ0n) is 8.70. The van der Waals surface area contributed by atoms with Crippen LogP contribution in [0.5, 0.6) is 0 Å². The molecule has 0 spiro atoms. The molecule has 0 bridgehead atoms. The number of anilines is 1. The minimum absolute atomic E-state index is 0.156. The molecule has 0 atom stereocenters. The minimum atomic E-state index is -0.368. The molecule has 0 unspecified atom stereocenters. The molecule has 1 heterocycles. The van der Waals surface area contributed by atoms with Crippen molar-refractivity contribution in [3.8, 4) is 0 Å². The molecular formula is C11H9BrClNO3. The van der Waals surface area contributed by atoms with E-state index in [0.29, 0.717) is 28.4 Å². The average molecular weight is 319 g/mol. The third-order valence-corrected chi connectivity index (χ3v) is 3.47. The number of amides is 1. The van der Waals surface area contributed by atoms with Crippen LogP contribution in [-0.2, 0) is 14.3 Å². The van der Waals surface area contributed by atoms with Crippen molar-refractivity contribution < 1.29 is 14.3 Å². The van der Waals surface area contributed by atoms with Crippen molar-refractivity contribution in [3.05, 3.63) is 39.7 Å². The Labute approximate surface area is 112 Å². The molecule has 1 aliphatic rings. The number of ether oxygens (including phenoxy) is 2. The number of nitrogens with one attached hydrogen (secondary N) is 1. The van der Waals surface area contributed by atoms with Gasteiger partial charge in [-0.1, -0.05) is 17.7 Å². The van der Waals surface area contributed by atoms with Crippen molar-refractivity contribution in [1.82, 2.24) is 0 Å². The fraction of sp³-hybridized carbons (Fsp3) is 0.182. The highest BCUT2D eigenvalue weighted by Crippen LogP contribution is 2.30. The highest BCUT2D eigenvalue weighted by atomic mass is 79.9. The third kappa shape index (κ3) is 2.92. The first-order chi connectivity index (χ1) is 8.18. The Morgan fingerprint density at radius 3 is 2.94 bits per heavy atom. The van der Waals surface area contributed by atoms with Crippen LogP contribution in [0.15, 0.2) is 34.7 Å². The molecule has 4 nitrogen and oxygen atoms in total. The SMILES string of the molecule is O=C(Nc1cccc(Cl)c1Br)C1=COCCO1. The summed E-state index contributed by atoms with van der Waals surface area (Å²) in [5, 5.41) is 3.20. The van der Waals surface area contributed by atoms with Crippen LogP contribution >= 0.6 is 27.5 Å². The maximum Gasteiger partial charge on any atom is 0.294 e. The van der Waals surface area contributed by atoms with E-state index in [0.717, 1.165) is 0 Å². The van der Waals surface area contributed by atoms with Gasteiger partial charge in [0, 0.05) is 0 Å². The summed E-state index contributed by atoms with van der Waals surface area (Å²) in [5.74, 6) is -0.212. The highest BCUT2D eigenvalue weighted by molar-refractivity contribution is 9.10. The molecule has 0 saturated heterocycles. The molecule has 0 radical (unpaired) electrons. The van der Waals surface area contributed by atoms with E-state index in [1.54, 1.807) is 18.2 Å². The second kappa shape index (κ2) is 5.42. The van der Waals surface area contributed by atoms with Gasteiger partial charge in [-0.3, -0.25) is 4.79 Å².